The molecule has 0 bridgehead atoms. The van der Waals surface area contributed by atoms with Gasteiger partial charge in [0.15, 0.2) is 0 Å². The highest BCUT2D eigenvalue weighted by Crippen LogP contribution is 2.26. The van der Waals surface area contributed by atoms with Crippen molar-refractivity contribution in [1.29, 1.82) is 0 Å². The highest BCUT2D eigenvalue weighted by Gasteiger charge is 2.33. The fourth-order valence-corrected chi connectivity index (χ4v) is 5.88. The van der Waals surface area contributed by atoms with Gasteiger partial charge in [-0.05, 0) is 59.4 Å². The molecule has 10 heteroatoms. The van der Waals surface area contributed by atoms with Crippen LogP contribution in [0.25, 0.3) is 11.1 Å². The molecule has 0 radical (unpaired) electrons. The molecule has 2 N–H and O–H groups in total. The molecule has 6 rings (SSSR count). The second-order valence-electron chi connectivity index (χ2n) is 12.1. The van der Waals surface area contributed by atoms with Crippen LogP contribution in [-0.2, 0) is 32.3 Å². The zero-order valence-electron chi connectivity index (χ0n) is 26.5. The number of nitrogens with zero attached hydrogens (tertiary/aromatic N) is 2. The van der Waals surface area contributed by atoms with Gasteiger partial charge in [0.05, 0.1) is 11.8 Å². The van der Waals surface area contributed by atoms with E-state index in [2.05, 4.69) is 10.6 Å². The van der Waals surface area contributed by atoms with Crippen LogP contribution in [0.15, 0.2) is 109 Å². The maximum absolute atomic E-state index is 12.9. The van der Waals surface area contributed by atoms with Crippen LogP contribution in [0, 0.1) is 11.8 Å². The van der Waals surface area contributed by atoms with Crippen molar-refractivity contribution in [3.05, 3.63) is 120 Å². The summed E-state index contributed by atoms with van der Waals surface area (Å²) in [7, 11) is 0. The molecule has 2 aliphatic rings. The Hall–Kier alpha value is -5.64. The summed E-state index contributed by atoms with van der Waals surface area (Å²) in [6, 6.07) is 34.1. The molecule has 48 heavy (non-hydrogen) atoms. The number of anilines is 2. The average molecular weight is 647 g/mol. The van der Waals surface area contributed by atoms with Gasteiger partial charge in [0.25, 0.3) is 0 Å². The minimum Gasteiger partial charge on any atom is -0.445 e. The maximum atomic E-state index is 12.9. The Labute approximate surface area is 279 Å². The van der Waals surface area contributed by atoms with Gasteiger partial charge >= 0.3 is 12.2 Å². The van der Waals surface area contributed by atoms with E-state index >= 15 is 0 Å². The van der Waals surface area contributed by atoms with E-state index in [1.165, 1.54) is 0 Å². The summed E-state index contributed by atoms with van der Waals surface area (Å²) in [5.41, 5.74) is 5.09. The average Bonchev–Trinajstić information content (AvgIpc) is 3.83. The molecule has 0 saturated carbocycles. The van der Waals surface area contributed by atoms with Crippen LogP contribution in [-0.4, -0.2) is 60.0 Å². The molecule has 2 fully saturated rings. The van der Waals surface area contributed by atoms with E-state index in [4.69, 9.17) is 9.47 Å². The smallest absolute Gasteiger partial charge is 0.410 e. The zero-order valence-corrected chi connectivity index (χ0v) is 26.5. The summed E-state index contributed by atoms with van der Waals surface area (Å²) in [5, 5.41) is 5.93. The van der Waals surface area contributed by atoms with E-state index in [1.54, 1.807) is 9.80 Å². The summed E-state index contributed by atoms with van der Waals surface area (Å²) < 4.78 is 10.8. The molecule has 2 aliphatic heterocycles. The van der Waals surface area contributed by atoms with Crippen molar-refractivity contribution in [3.63, 3.8) is 0 Å². The van der Waals surface area contributed by atoms with E-state index in [-0.39, 0.29) is 36.9 Å². The number of hydrogen-bond donors (Lipinski definition) is 2. The van der Waals surface area contributed by atoms with Gasteiger partial charge in [-0.3, -0.25) is 9.59 Å². The van der Waals surface area contributed by atoms with Gasteiger partial charge in [-0.25, -0.2) is 9.59 Å². The molecule has 246 valence electrons. The van der Waals surface area contributed by atoms with Crippen LogP contribution in [0.5, 0.6) is 0 Å². The summed E-state index contributed by atoms with van der Waals surface area (Å²) in [6.45, 7) is 1.99. The quantitative estimate of drug-likeness (QED) is 0.213. The standard InChI is InChI=1S/C38H38N4O6/c43-35(31-19-21-41(23-31)37(45)47-25-27-7-3-1-4-8-27)39-33-15-11-29(12-16-33)30-13-17-34(18-14-30)40-36(44)32-20-22-42(24-32)38(46)48-26-28-9-5-2-6-10-28/h1-18,31-32H,19-26H2,(H,39,43)(H,40,44). The van der Waals surface area contributed by atoms with Gasteiger partial charge in [-0.1, -0.05) is 84.9 Å². The lowest BCUT2D eigenvalue weighted by atomic mass is 10.0. The first-order valence-electron chi connectivity index (χ1n) is 16.1. The fraction of sp³-hybridized carbons (Fsp3) is 0.263. The minimum atomic E-state index is -0.411. The number of rotatable bonds is 9. The third-order valence-electron chi connectivity index (χ3n) is 8.68. The Morgan fingerprint density at radius 3 is 1.29 bits per heavy atom. The first kappa shape index (κ1) is 32.3. The molecule has 4 amide bonds. The molecule has 0 spiro atoms. The molecule has 2 unspecified atom stereocenters. The second kappa shape index (κ2) is 15.3. The van der Waals surface area contributed by atoms with Gasteiger partial charge in [0, 0.05) is 37.6 Å². The normalized spacial score (nSPS) is 17.1. The Bertz CT molecular complexity index is 1590. The number of likely N-dealkylation sites (tertiary alicyclic amines) is 2. The van der Waals surface area contributed by atoms with Crippen molar-refractivity contribution in [2.24, 2.45) is 11.8 Å². The molecular weight excluding hydrogens is 608 g/mol. The van der Waals surface area contributed by atoms with Crippen LogP contribution in [0.4, 0.5) is 21.0 Å². The molecule has 10 nitrogen and oxygen atoms in total. The van der Waals surface area contributed by atoms with Crippen molar-refractivity contribution in [2.45, 2.75) is 26.1 Å². The largest absolute Gasteiger partial charge is 0.445 e. The zero-order chi connectivity index (χ0) is 33.3. The molecule has 0 aliphatic carbocycles. The third-order valence-corrected chi connectivity index (χ3v) is 8.68. The Balaban J connectivity index is 0.933. The predicted octanol–water partition coefficient (Wildman–Crippen LogP) is 6.55. The van der Waals surface area contributed by atoms with Crippen LogP contribution in [0.2, 0.25) is 0 Å². The van der Waals surface area contributed by atoms with Crippen LogP contribution in [0.3, 0.4) is 0 Å². The van der Waals surface area contributed by atoms with E-state index < -0.39 is 12.2 Å². The number of nitrogens with one attached hydrogen (secondary N) is 2. The van der Waals surface area contributed by atoms with E-state index in [9.17, 15) is 19.2 Å². The van der Waals surface area contributed by atoms with Crippen LogP contribution >= 0.6 is 0 Å². The van der Waals surface area contributed by atoms with Crippen LogP contribution in [0.1, 0.15) is 24.0 Å². The molecule has 2 heterocycles. The van der Waals surface area contributed by atoms with Crippen molar-refractivity contribution >= 4 is 35.4 Å². The minimum absolute atomic E-state index is 0.129. The summed E-state index contributed by atoms with van der Waals surface area (Å²) in [6.07, 6.45) is 0.332. The van der Waals surface area contributed by atoms with Crippen molar-refractivity contribution in [3.8, 4) is 11.1 Å². The van der Waals surface area contributed by atoms with Gasteiger partial charge in [0.2, 0.25) is 11.8 Å². The molecule has 0 aromatic heterocycles. The Morgan fingerprint density at radius 2 is 0.917 bits per heavy atom. The summed E-state index contributed by atoms with van der Waals surface area (Å²) in [5.74, 6) is -0.874. The van der Waals surface area contributed by atoms with E-state index in [1.807, 2.05) is 109 Å². The lowest BCUT2D eigenvalue weighted by Gasteiger charge is -2.16. The van der Waals surface area contributed by atoms with E-state index in [0.29, 0.717) is 50.4 Å². The second-order valence-corrected chi connectivity index (χ2v) is 12.1. The lowest BCUT2D eigenvalue weighted by molar-refractivity contribution is -0.120. The topological polar surface area (TPSA) is 117 Å². The first-order valence-corrected chi connectivity index (χ1v) is 16.1. The number of ether oxygens (including phenoxy) is 2. The van der Waals surface area contributed by atoms with Crippen LogP contribution < -0.4 is 10.6 Å². The predicted molar refractivity (Wildman–Crippen MR) is 182 cm³/mol. The van der Waals surface area contributed by atoms with Crippen molar-refractivity contribution in [1.82, 2.24) is 9.80 Å². The molecule has 4 aromatic carbocycles. The van der Waals surface area contributed by atoms with Gasteiger partial charge in [0.1, 0.15) is 13.2 Å². The Kier molecular flexibility index (Phi) is 10.3. The van der Waals surface area contributed by atoms with Crippen molar-refractivity contribution in [2.75, 3.05) is 36.8 Å². The molecule has 2 saturated heterocycles. The van der Waals surface area contributed by atoms with Gasteiger partial charge < -0.3 is 29.9 Å². The number of benzene rings is 4. The molecule has 2 atom stereocenters. The number of hydrogen-bond acceptors (Lipinski definition) is 6. The SMILES string of the molecule is O=C(Nc1ccc(-c2ccc(NC(=O)C3CCN(C(=O)OCc4ccccc4)C3)cc2)cc1)C1CCN(C(=O)OCc2ccccc2)C1. The monoisotopic (exact) mass is 646 g/mol. The maximum Gasteiger partial charge on any atom is 0.410 e. The highest BCUT2D eigenvalue weighted by atomic mass is 16.6. The molecule has 4 aromatic rings. The summed E-state index contributed by atoms with van der Waals surface area (Å²) in [4.78, 5) is 54.0. The van der Waals surface area contributed by atoms with Crippen molar-refractivity contribution < 1.29 is 28.7 Å². The van der Waals surface area contributed by atoms with Gasteiger partial charge in [-0.2, -0.15) is 0 Å². The molecular formula is C38H38N4O6. The lowest BCUT2D eigenvalue weighted by Crippen LogP contribution is -2.31. The number of carbonyl (C=O) groups is 4. The van der Waals surface area contributed by atoms with E-state index in [0.717, 1.165) is 22.3 Å². The number of amides is 4. The fourth-order valence-electron chi connectivity index (χ4n) is 5.88. The van der Waals surface area contributed by atoms with Gasteiger partial charge in [-0.15, -0.1) is 0 Å². The third kappa shape index (κ3) is 8.38. The number of carbonyl (C=O) groups excluding carboxylic acids is 4. The Morgan fingerprint density at radius 1 is 0.542 bits per heavy atom. The first-order chi connectivity index (χ1) is 23.4. The summed E-state index contributed by atoms with van der Waals surface area (Å²) >= 11 is 0. The highest BCUT2D eigenvalue weighted by molar-refractivity contribution is 5.94.